The summed E-state index contributed by atoms with van der Waals surface area (Å²) in [6, 6.07) is 6.88. The smallest absolute Gasteiger partial charge is 0.347 e. The summed E-state index contributed by atoms with van der Waals surface area (Å²) in [6.07, 6.45) is 3.34. The molecule has 182 valence electrons. The number of nitriles is 1. The van der Waals surface area contributed by atoms with Crippen molar-refractivity contribution < 1.29 is 13.2 Å². The molecule has 0 spiro atoms. The SMILES string of the molecule is CC(c1nccnc1-c1ccc(C#N)cn1)N(CC1CC1)c1ncnc2c(Cl)cc(C(F)(F)F)cc12. The van der Waals surface area contributed by atoms with E-state index in [4.69, 9.17) is 16.9 Å². The van der Waals surface area contributed by atoms with E-state index in [0.29, 0.717) is 40.9 Å². The highest BCUT2D eigenvalue weighted by Crippen LogP contribution is 2.41. The summed E-state index contributed by atoms with van der Waals surface area (Å²) >= 11 is 6.23. The maximum atomic E-state index is 13.6. The van der Waals surface area contributed by atoms with Gasteiger partial charge >= 0.3 is 6.18 Å². The van der Waals surface area contributed by atoms with Crippen LogP contribution in [0.2, 0.25) is 5.02 Å². The molecule has 0 saturated heterocycles. The summed E-state index contributed by atoms with van der Waals surface area (Å²) in [5, 5.41) is 9.21. The van der Waals surface area contributed by atoms with E-state index in [1.54, 1.807) is 24.5 Å². The lowest BCUT2D eigenvalue weighted by molar-refractivity contribution is -0.137. The fraction of sp³-hybridized carbons (Fsp3) is 0.280. The Kier molecular flexibility index (Phi) is 6.18. The molecule has 0 amide bonds. The Labute approximate surface area is 209 Å². The van der Waals surface area contributed by atoms with Crippen LogP contribution in [-0.2, 0) is 6.18 Å². The number of halogens is 4. The number of rotatable bonds is 6. The predicted molar refractivity (Wildman–Crippen MR) is 128 cm³/mol. The predicted octanol–water partition coefficient (Wildman–Crippen LogP) is 6.00. The van der Waals surface area contributed by atoms with Gasteiger partial charge < -0.3 is 4.90 Å². The van der Waals surface area contributed by atoms with Gasteiger partial charge in [-0.1, -0.05) is 11.6 Å². The Bertz CT molecular complexity index is 1460. The van der Waals surface area contributed by atoms with E-state index in [1.807, 2.05) is 17.9 Å². The minimum Gasteiger partial charge on any atom is -0.347 e. The number of fused-ring (bicyclic) bond motifs is 1. The van der Waals surface area contributed by atoms with Gasteiger partial charge in [0.1, 0.15) is 23.9 Å². The van der Waals surface area contributed by atoms with Gasteiger partial charge in [0.15, 0.2) is 0 Å². The van der Waals surface area contributed by atoms with Gasteiger partial charge in [0.05, 0.1) is 39.1 Å². The number of alkyl halides is 3. The van der Waals surface area contributed by atoms with Crippen LogP contribution >= 0.6 is 11.6 Å². The van der Waals surface area contributed by atoms with Gasteiger partial charge in [-0.2, -0.15) is 18.4 Å². The van der Waals surface area contributed by atoms with Crippen molar-refractivity contribution in [1.29, 1.82) is 5.26 Å². The van der Waals surface area contributed by atoms with E-state index in [1.165, 1.54) is 12.5 Å². The summed E-state index contributed by atoms with van der Waals surface area (Å²) < 4.78 is 40.8. The van der Waals surface area contributed by atoms with Gasteiger partial charge in [-0.05, 0) is 49.9 Å². The van der Waals surface area contributed by atoms with Crippen molar-refractivity contribution in [3.63, 3.8) is 0 Å². The third-order valence-electron chi connectivity index (χ3n) is 6.15. The van der Waals surface area contributed by atoms with Crippen LogP contribution in [0, 0.1) is 17.2 Å². The monoisotopic (exact) mass is 509 g/mol. The molecule has 5 rings (SSSR count). The van der Waals surface area contributed by atoms with Crippen molar-refractivity contribution in [2.45, 2.75) is 32.0 Å². The zero-order chi connectivity index (χ0) is 25.4. The Morgan fingerprint density at radius 1 is 1.11 bits per heavy atom. The number of pyridine rings is 1. The molecule has 1 aromatic carbocycles. The normalized spacial score (nSPS) is 14.4. The summed E-state index contributed by atoms with van der Waals surface area (Å²) in [5.74, 6) is 0.726. The molecule has 0 radical (unpaired) electrons. The Morgan fingerprint density at radius 2 is 1.89 bits per heavy atom. The second kappa shape index (κ2) is 9.32. The zero-order valence-electron chi connectivity index (χ0n) is 19.0. The third-order valence-corrected chi connectivity index (χ3v) is 6.44. The minimum atomic E-state index is -4.57. The molecule has 36 heavy (non-hydrogen) atoms. The van der Waals surface area contributed by atoms with Crippen molar-refractivity contribution >= 4 is 28.3 Å². The van der Waals surface area contributed by atoms with Gasteiger partial charge in [0.25, 0.3) is 0 Å². The van der Waals surface area contributed by atoms with E-state index in [9.17, 15) is 13.2 Å². The number of aromatic nitrogens is 5. The van der Waals surface area contributed by atoms with Crippen molar-refractivity contribution in [1.82, 2.24) is 24.9 Å². The zero-order valence-corrected chi connectivity index (χ0v) is 19.8. The largest absolute Gasteiger partial charge is 0.416 e. The highest BCUT2D eigenvalue weighted by Gasteiger charge is 2.34. The van der Waals surface area contributed by atoms with Crippen LogP contribution in [0.3, 0.4) is 0 Å². The molecule has 0 aliphatic heterocycles. The van der Waals surface area contributed by atoms with Crippen LogP contribution in [0.1, 0.15) is 42.6 Å². The quantitative estimate of drug-likeness (QED) is 0.314. The van der Waals surface area contributed by atoms with Crippen molar-refractivity contribution in [2.75, 3.05) is 11.4 Å². The molecule has 3 heterocycles. The van der Waals surface area contributed by atoms with Crippen molar-refractivity contribution in [3.8, 4) is 17.5 Å². The fourth-order valence-electron chi connectivity index (χ4n) is 4.11. The fourth-order valence-corrected chi connectivity index (χ4v) is 4.38. The minimum absolute atomic E-state index is 0.0931. The number of anilines is 1. The lowest BCUT2D eigenvalue weighted by Crippen LogP contribution is -2.31. The summed E-state index contributed by atoms with van der Waals surface area (Å²) in [6.45, 7) is 2.47. The molecule has 1 fully saturated rings. The first kappa shape index (κ1) is 23.9. The molecule has 1 unspecified atom stereocenters. The second-order valence-corrected chi connectivity index (χ2v) is 9.06. The standard InChI is InChI=1S/C25H19ClF3N7/c1-14(21-23(32-7-6-31-21)20-5-4-16(10-30)11-33-20)36(12-15-2-3-15)24-18-8-17(25(27,28)29)9-19(26)22(18)34-13-35-24/h4-9,11,13-15H,2-3,12H2,1H3. The molecule has 11 heteroatoms. The van der Waals surface area contributed by atoms with Crippen LogP contribution in [0.25, 0.3) is 22.3 Å². The van der Waals surface area contributed by atoms with E-state index >= 15 is 0 Å². The first-order valence-electron chi connectivity index (χ1n) is 11.2. The van der Waals surface area contributed by atoms with Crippen LogP contribution < -0.4 is 4.90 Å². The van der Waals surface area contributed by atoms with Gasteiger partial charge in [-0.15, -0.1) is 0 Å². The van der Waals surface area contributed by atoms with Crippen LogP contribution in [0.15, 0.2) is 49.2 Å². The molecular weight excluding hydrogens is 491 g/mol. The number of hydrogen-bond donors (Lipinski definition) is 0. The van der Waals surface area contributed by atoms with Crippen LogP contribution in [0.4, 0.5) is 19.0 Å². The maximum absolute atomic E-state index is 13.6. The highest BCUT2D eigenvalue weighted by molar-refractivity contribution is 6.35. The molecule has 1 aliphatic carbocycles. The molecule has 1 saturated carbocycles. The van der Waals surface area contributed by atoms with Gasteiger partial charge in [-0.3, -0.25) is 15.0 Å². The second-order valence-electron chi connectivity index (χ2n) is 8.66. The first-order chi connectivity index (χ1) is 17.3. The summed E-state index contributed by atoms with van der Waals surface area (Å²) in [4.78, 5) is 23.9. The van der Waals surface area contributed by atoms with E-state index in [-0.39, 0.29) is 15.9 Å². The third kappa shape index (κ3) is 4.66. The topological polar surface area (TPSA) is 91.5 Å². The molecule has 4 aromatic rings. The Balaban J connectivity index is 1.64. The molecule has 3 aromatic heterocycles. The van der Waals surface area contributed by atoms with Crippen molar-refractivity contribution in [3.05, 3.63) is 71.0 Å². The summed E-state index contributed by atoms with van der Waals surface area (Å²) in [5.41, 5.74) is 1.43. The van der Waals surface area contributed by atoms with Gasteiger partial charge in [-0.25, -0.2) is 9.97 Å². The molecule has 7 nitrogen and oxygen atoms in total. The molecule has 1 atom stereocenters. The van der Waals surface area contributed by atoms with E-state index in [0.717, 1.165) is 25.0 Å². The van der Waals surface area contributed by atoms with Crippen LogP contribution in [-0.4, -0.2) is 31.5 Å². The lowest BCUT2D eigenvalue weighted by Gasteiger charge is -2.31. The Morgan fingerprint density at radius 3 is 2.56 bits per heavy atom. The van der Waals surface area contributed by atoms with E-state index < -0.39 is 17.8 Å². The molecule has 1 aliphatic rings. The number of nitrogens with zero attached hydrogens (tertiary/aromatic N) is 7. The number of hydrogen-bond acceptors (Lipinski definition) is 7. The first-order valence-corrected chi connectivity index (χ1v) is 11.6. The highest BCUT2D eigenvalue weighted by atomic mass is 35.5. The molecular formula is C25H19ClF3N7. The molecule has 0 N–H and O–H groups in total. The van der Waals surface area contributed by atoms with Crippen LogP contribution in [0.5, 0.6) is 0 Å². The molecule has 0 bridgehead atoms. The summed E-state index contributed by atoms with van der Waals surface area (Å²) in [7, 11) is 0. The van der Waals surface area contributed by atoms with Gasteiger partial charge in [0.2, 0.25) is 0 Å². The average molecular weight is 510 g/mol. The number of benzene rings is 1. The van der Waals surface area contributed by atoms with Gasteiger partial charge in [0, 0.05) is 30.5 Å². The Hall–Kier alpha value is -3.84. The maximum Gasteiger partial charge on any atom is 0.416 e. The lowest BCUT2D eigenvalue weighted by atomic mass is 10.1. The van der Waals surface area contributed by atoms with Crippen molar-refractivity contribution in [2.24, 2.45) is 5.92 Å². The van der Waals surface area contributed by atoms with E-state index in [2.05, 4.69) is 24.9 Å². The average Bonchev–Trinajstić information content (AvgIpc) is 3.70.